The van der Waals surface area contributed by atoms with Gasteiger partial charge < -0.3 is 0 Å². The van der Waals surface area contributed by atoms with Gasteiger partial charge in [-0.15, -0.1) is 11.3 Å². The van der Waals surface area contributed by atoms with E-state index in [0.717, 1.165) is 10.9 Å². The average Bonchev–Trinajstić information content (AvgIpc) is 2.49. The number of thiophene rings is 1. The monoisotopic (exact) mass is 173 g/mol. The molecular weight excluding hydrogens is 166 g/mol. The lowest BCUT2D eigenvalue weighted by molar-refractivity contribution is 1.51. The van der Waals surface area contributed by atoms with Crippen molar-refractivity contribution in [2.75, 3.05) is 0 Å². The number of hydrogen-bond acceptors (Lipinski definition) is 2. The molecule has 1 nitrogen and oxygen atoms in total. The van der Waals surface area contributed by atoms with Gasteiger partial charge in [0.2, 0.25) is 0 Å². The van der Waals surface area contributed by atoms with Crippen LogP contribution >= 0.6 is 11.3 Å². The van der Waals surface area contributed by atoms with Crippen LogP contribution in [0.5, 0.6) is 0 Å². The summed E-state index contributed by atoms with van der Waals surface area (Å²) in [5, 5.41) is 11.8. The van der Waals surface area contributed by atoms with Gasteiger partial charge in [-0.05, 0) is 12.5 Å². The van der Waals surface area contributed by atoms with Gasteiger partial charge >= 0.3 is 0 Å². The van der Waals surface area contributed by atoms with Crippen LogP contribution in [0.15, 0.2) is 23.6 Å². The van der Waals surface area contributed by atoms with Crippen molar-refractivity contribution in [1.82, 2.24) is 0 Å². The van der Waals surface area contributed by atoms with Crippen molar-refractivity contribution in [3.05, 3.63) is 34.7 Å². The second-order valence-electron chi connectivity index (χ2n) is 2.71. The Morgan fingerprint density at radius 2 is 2.25 bits per heavy atom. The van der Waals surface area contributed by atoms with Gasteiger partial charge in [0.1, 0.15) is 6.07 Å². The molecule has 2 heteroatoms. The Hall–Kier alpha value is -1.33. The summed E-state index contributed by atoms with van der Waals surface area (Å²) in [6.07, 6.45) is 0. The molecule has 58 valence electrons. The van der Waals surface area contributed by atoms with E-state index in [1.807, 2.05) is 17.5 Å². The molecule has 1 aromatic heterocycles. The maximum absolute atomic E-state index is 8.77. The molecule has 0 aliphatic carbocycles. The number of nitriles is 1. The molecule has 1 aromatic carbocycles. The number of hydrogen-bond donors (Lipinski definition) is 0. The minimum absolute atomic E-state index is 0.790. The summed E-state index contributed by atoms with van der Waals surface area (Å²) in [5.74, 6) is 0. The molecule has 0 saturated heterocycles. The van der Waals surface area contributed by atoms with E-state index < -0.39 is 0 Å². The van der Waals surface area contributed by atoms with Crippen molar-refractivity contribution in [2.45, 2.75) is 6.92 Å². The molecule has 12 heavy (non-hydrogen) atoms. The smallest absolute Gasteiger partial charge is 0.101 e. The lowest BCUT2D eigenvalue weighted by atomic mass is 10.1. The molecule has 0 spiro atoms. The molecule has 2 rings (SSSR count). The number of rotatable bonds is 0. The second-order valence-corrected chi connectivity index (χ2v) is 3.59. The van der Waals surface area contributed by atoms with E-state index in [2.05, 4.69) is 19.1 Å². The van der Waals surface area contributed by atoms with Gasteiger partial charge in [-0.1, -0.05) is 18.2 Å². The molecule has 0 saturated carbocycles. The summed E-state index contributed by atoms with van der Waals surface area (Å²) in [7, 11) is 0. The molecule has 0 unspecified atom stereocenters. The first-order chi connectivity index (χ1) is 5.83. The average molecular weight is 173 g/mol. The second kappa shape index (κ2) is 2.62. The van der Waals surface area contributed by atoms with Gasteiger partial charge in [0.05, 0.1) is 5.56 Å². The van der Waals surface area contributed by atoms with Gasteiger partial charge in [-0.2, -0.15) is 5.26 Å². The minimum Gasteiger partial charge on any atom is -0.192 e. The molecule has 0 aliphatic rings. The number of benzene rings is 1. The van der Waals surface area contributed by atoms with Crippen molar-refractivity contribution in [3.63, 3.8) is 0 Å². The SMILES string of the molecule is Cc1cccc2c(C#N)csc12. The van der Waals surface area contributed by atoms with E-state index in [-0.39, 0.29) is 0 Å². The fourth-order valence-corrected chi connectivity index (χ4v) is 2.26. The summed E-state index contributed by atoms with van der Waals surface area (Å²) >= 11 is 1.64. The van der Waals surface area contributed by atoms with Crippen LogP contribution in [-0.2, 0) is 0 Å². The highest BCUT2D eigenvalue weighted by Crippen LogP contribution is 2.27. The molecule has 0 N–H and O–H groups in total. The zero-order chi connectivity index (χ0) is 8.55. The van der Waals surface area contributed by atoms with Crippen LogP contribution in [0.4, 0.5) is 0 Å². The molecule has 1 heterocycles. The molecule has 2 aromatic rings. The first kappa shape index (κ1) is 7.33. The lowest BCUT2D eigenvalue weighted by Crippen LogP contribution is -1.72. The van der Waals surface area contributed by atoms with Crippen LogP contribution in [0, 0.1) is 18.3 Å². The zero-order valence-corrected chi connectivity index (χ0v) is 7.48. The maximum Gasteiger partial charge on any atom is 0.101 e. The first-order valence-electron chi connectivity index (χ1n) is 3.70. The minimum atomic E-state index is 0.790. The van der Waals surface area contributed by atoms with Crippen molar-refractivity contribution < 1.29 is 0 Å². The molecule has 0 radical (unpaired) electrons. The van der Waals surface area contributed by atoms with Crippen LogP contribution in [0.1, 0.15) is 11.1 Å². The summed E-state index contributed by atoms with van der Waals surface area (Å²) in [6, 6.07) is 8.25. The Morgan fingerprint density at radius 3 is 3.00 bits per heavy atom. The van der Waals surface area contributed by atoms with Crippen LogP contribution in [0.3, 0.4) is 0 Å². The van der Waals surface area contributed by atoms with E-state index in [1.165, 1.54) is 10.3 Å². The summed E-state index contributed by atoms with van der Waals surface area (Å²) in [6.45, 7) is 2.07. The fraction of sp³-hybridized carbons (Fsp3) is 0.100. The van der Waals surface area contributed by atoms with Crippen LogP contribution in [0.2, 0.25) is 0 Å². The Morgan fingerprint density at radius 1 is 1.42 bits per heavy atom. The van der Waals surface area contributed by atoms with Gasteiger partial charge in [0, 0.05) is 15.5 Å². The van der Waals surface area contributed by atoms with Crippen molar-refractivity contribution >= 4 is 21.4 Å². The molecule has 0 fully saturated rings. The highest BCUT2D eigenvalue weighted by molar-refractivity contribution is 7.17. The van der Waals surface area contributed by atoms with Gasteiger partial charge in [0.15, 0.2) is 0 Å². The predicted octanol–water partition coefficient (Wildman–Crippen LogP) is 3.08. The van der Waals surface area contributed by atoms with E-state index in [1.54, 1.807) is 11.3 Å². The maximum atomic E-state index is 8.77. The summed E-state index contributed by atoms with van der Waals surface area (Å²) < 4.78 is 1.23. The van der Waals surface area contributed by atoms with Crippen LogP contribution in [-0.4, -0.2) is 0 Å². The highest BCUT2D eigenvalue weighted by Gasteiger charge is 2.03. The summed E-state index contributed by atoms with van der Waals surface area (Å²) in [4.78, 5) is 0. The highest BCUT2D eigenvalue weighted by atomic mass is 32.1. The third-order valence-corrected chi connectivity index (χ3v) is 3.05. The van der Waals surface area contributed by atoms with Crippen molar-refractivity contribution in [1.29, 1.82) is 5.26 Å². The largest absolute Gasteiger partial charge is 0.192 e. The number of fused-ring (bicyclic) bond motifs is 1. The van der Waals surface area contributed by atoms with E-state index in [0.29, 0.717) is 0 Å². The molecule has 0 aliphatic heterocycles. The molecular formula is C10H7NS. The number of aryl methyl sites for hydroxylation is 1. The molecule has 0 atom stereocenters. The van der Waals surface area contributed by atoms with Gasteiger partial charge in [-0.25, -0.2) is 0 Å². The van der Waals surface area contributed by atoms with Crippen LogP contribution in [0.25, 0.3) is 10.1 Å². The van der Waals surface area contributed by atoms with E-state index in [9.17, 15) is 0 Å². The standard InChI is InChI=1S/C10H7NS/c1-7-3-2-4-9-8(5-11)6-12-10(7)9/h2-4,6H,1H3. The van der Waals surface area contributed by atoms with E-state index >= 15 is 0 Å². The third-order valence-electron chi connectivity index (χ3n) is 1.92. The third kappa shape index (κ3) is 0.910. The van der Waals surface area contributed by atoms with E-state index in [4.69, 9.17) is 5.26 Å². The Labute approximate surface area is 74.9 Å². The fourth-order valence-electron chi connectivity index (χ4n) is 1.29. The lowest BCUT2D eigenvalue weighted by Gasteiger charge is -1.92. The Kier molecular flexibility index (Phi) is 1.60. The predicted molar refractivity (Wildman–Crippen MR) is 51.3 cm³/mol. The Bertz CT molecular complexity index is 462. The summed E-state index contributed by atoms with van der Waals surface area (Å²) in [5.41, 5.74) is 2.04. The number of nitrogens with zero attached hydrogens (tertiary/aromatic N) is 1. The van der Waals surface area contributed by atoms with Crippen LogP contribution < -0.4 is 0 Å². The van der Waals surface area contributed by atoms with Crippen molar-refractivity contribution in [3.8, 4) is 6.07 Å². The first-order valence-corrected chi connectivity index (χ1v) is 4.58. The topological polar surface area (TPSA) is 23.8 Å². The van der Waals surface area contributed by atoms with Crippen molar-refractivity contribution in [2.24, 2.45) is 0 Å². The Balaban J connectivity index is 2.91. The molecule has 0 amide bonds. The molecule has 0 bridgehead atoms. The van der Waals surface area contributed by atoms with Gasteiger partial charge in [-0.3, -0.25) is 0 Å². The zero-order valence-electron chi connectivity index (χ0n) is 6.66. The quantitative estimate of drug-likeness (QED) is 0.600. The van der Waals surface area contributed by atoms with Gasteiger partial charge in [0.25, 0.3) is 0 Å². The normalized spacial score (nSPS) is 10.0.